The van der Waals surface area contributed by atoms with Crippen molar-refractivity contribution >= 4 is 11.9 Å². The molecule has 0 unspecified atom stereocenters. The van der Waals surface area contributed by atoms with E-state index in [0.29, 0.717) is 12.3 Å². The molecule has 1 aromatic rings. The normalized spacial score (nSPS) is 13.8. The van der Waals surface area contributed by atoms with Gasteiger partial charge in [0.2, 0.25) is 5.91 Å². The molecule has 94 valence electrons. The summed E-state index contributed by atoms with van der Waals surface area (Å²) in [6.45, 7) is 0.359. The van der Waals surface area contributed by atoms with Crippen molar-refractivity contribution in [1.82, 2.24) is 5.32 Å². The average molecular weight is 247 g/mol. The number of carbonyl (C=O) groups excluding carboxylic acids is 2. The van der Waals surface area contributed by atoms with Crippen LogP contribution in [0.3, 0.4) is 0 Å². The number of benzene rings is 1. The molecule has 18 heavy (non-hydrogen) atoms. The zero-order chi connectivity index (χ0) is 12.8. The fourth-order valence-electron chi connectivity index (χ4n) is 1.45. The van der Waals surface area contributed by atoms with Gasteiger partial charge in [0, 0.05) is 6.08 Å². The molecule has 0 saturated carbocycles. The highest BCUT2D eigenvalue weighted by Gasteiger charge is 2.13. The van der Waals surface area contributed by atoms with E-state index in [-0.39, 0.29) is 19.1 Å². The highest BCUT2D eigenvalue weighted by Crippen LogP contribution is 2.04. The van der Waals surface area contributed by atoms with Crippen molar-refractivity contribution < 1.29 is 19.1 Å². The summed E-state index contributed by atoms with van der Waals surface area (Å²) < 4.78 is 10.1. The van der Waals surface area contributed by atoms with Crippen molar-refractivity contribution in [2.24, 2.45) is 0 Å². The fourth-order valence-corrected chi connectivity index (χ4v) is 1.45. The van der Waals surface area contributed by atoms with Crippen LogP contribution >= 0.6 is 0 Å². The highest BCUT2D eigenvalue weighted by atomic mass is 16.6. The molecule has 5 nitrogen and oxygen atoms in total. The Hall–Kier alpha value is -2.30. The highest BCUT2D eigenvalue weighted by molar-refractivity contribution is 5.90. The van der Waals surface area contributed by atoms with E-state index >= 15 is 0 Å². The fraction of sp³-hybridized carbons (Fsp3) is 0.231. The van der Waals surface area contributed by atoms with Gasteiger partial charge in [-0.15, -0.1) is 0 Å². The van der Waals surface area contributed by atoms with Crippen LogP contribution < -0.4 is 5.32 Å². The summed E-state index contributed by atoms with van der Waals surface area (Å²) in [6, 6.07) is 9.39. The van der Waals surface area contributed by atoms with Gasteiger partial charge in [-0.05, 0) is 5.56 Å². The lowest BCUT2D eigenvalue weighted by Crippen LogP contribution is -2.17. The first-order valence-electron chi connectivity index (χ1n) is 5.55. The number of hydrogen-bond acceptors (Lipinski definition) is 4. The van der Waals surface area contributed by atoms with E-state index < -0.39 is 5.97 Å². The number of rotatable bonds is 5. The summed E-state index contributed by atoms with van der Waals surface area (Å²) in [7, 11) is 0. The predicted octanol–water partition coefficient (Wildman–Crippen LogP) is 0.760. The van der Waals surface area contributed by atoms with E-state index in [0.717, 1.165) is 5.56 Å². The van der Waals surface area contributed by atoms with Crippen molar-refractivity contribution in [3.63, 3.8) is 0 Å². The van der Waals surface area contributed by atoms with Crippen LogP contribution in [-0.4, -0.2) is 25.0 Å². The predicted molar refractivity (Wildman–Crippen MR) is 63.3 cm³/mol. The molecule has 1 heterocycles. The van der Waals surface area contributed by atoms with Gasteiger partial charge in [0.05, 0.1) is 6.54 Å². The van der Waals surface area contributed by atoms with E-state index in [4.69, 9.17) is 9.47 Å². The Morgan fingerprint density at radius 1 is 1.28 bits per heavy atom. The summed E-state index contributed by atoms with van der Waals surface area (Å²) in [5.41, 5.74) is 0.919. The molecular weight excluding hydrogens is 234 g/mol. The molecule has 1 N–H and O–H groups in total. The number of carbonyl (C=O) groups is 2. The standard InChI is InChI=1S/C13H13NO4/c15-12-6-11(7-14-12)17-9-13(16)18-8-10-4-2-1-3-5-10/h1-6H,7-9H2,(H,14,15). The summed E-state index contributed by atoms with van der Waals surface area (Å²) in [4.78, 5) is 22.2. The largest absolute Gasteiger partial charge is 0.484 e. The van der Waals surface area contributed by atoms with Gasteiger partial charge in [-0.2, -0.15) is 0 Å². The Morgan fingerprint density at radius 2 is 2.06 bits per heavy atom. The van der Waals surface area contributed by atoms with Crippen molar-refractivity contribution in [3.05, 3.63) is 47.7 Å². The molecule has 2 rings (SSSR count). The zero-order valence-electron chi connectivity index (χ0n) is 9.72. The zero-order valence-corrected chi connectivity index (χ0v) is 9.72. The first-order chi connectivity index (χ1) is 8.74. The third kappa shape index (κ3) is 3.62. The Labute approximate surface area is 104 Å². The molecule has 0 fully saturated rings. The van der Waals surface area contributed by atoms with Crippen molar-refractivity contribution in [2.75, 3.05) is 13.2 Å². The van der Waals surface area contributed by atoms with Crippen LogP contribution in [0.25, 0.3) is 0 Å². The molecule has 0 saturated heterocycles. The SMILES string of the molecule is O=C1C=C(OCC(=O)OCc2ccccc2)CN1. The maximum absolute atomic E-state index is 11.4. The maximum Gasteiger partial charge on any atom is 0.344 e. The van der Waals surface area contributed by atoms with Gasteiger partial charge in [-0.1, -0.05) is 30.3 Å². The van der Waals surface area contributed by atoms with Crippen molar-refractivity contribution in [3.8, 4) is 0 Å². The minimum absolute atomic E-state index is 0.187. The van der Waals surface area contributed by atoms with Crippen LogP contribution in [0.1, 0.15) is 5.56 Å². The first kappa shape index (κ1) is 12.2. The second kappa shape index (κ2) is 5.86. The number of nitrogens with one attached hydrogen (secondary N) is 1. The Bertz CT molecular complexity index is 467. The quantitative estimate of drug-likeness (QED) is 0.780. The van der Waals surface area contributed by atoms with Gasteiger partial charge in [-0.25, -0.2) is 4.79 Å². The van der Waals surface area contributed by atoms with Gasteiger partial charge < -0.3 is 14.8 Å². The molecule has 0 aromatic heterocycles. The number of ether oxygens (including phenoxy) is 2. The minimum atomic E-state index is -0.459. The Morgan fingerprint density at radius 3 is 2.72 bits per heavy atom. The molecule has 1 amide bonds. The summed E-state index contributed by atoms with van der Waals surface area (Å²) in [5, 5.41) is 2.54. The van der Waals surface area contributed by atoms with Crippen LogP contribution in [0.15, 0.2) is 42.2 Å². The van der Waals surface area contributed by atoms with E-state index in [2.05, 4.69) is 5.32 Å². The van der Waals surface area contributed by atoms with Gasteiger partial charge in [0.15, 0.2) is 6.61 Å². The summed E-state index contributed by atoms with van der Waals surface area (Å²) >= 11 is 0. The van der Waals surface area contributed by atoms with Crippen LogP contribution in [0.2, 0.25) is 0 Å². The first-order valence-corrected chi connectivity index (χ1v) is 5.55. The van der Waals surface area contributed by atoms with Gasteiger partial charge in [-0.3, -0.25) is 4.79 Å². The molecule has 0 radical (unpaired) electrons. The number of amides is 1. The summed E-state index contributed by atoms with van der Waals surface area (Å²) in [6.07, 6.45) is 1.32. The lowest BCUT2D eigenvalue weighted by molar-refractivity contribution is -0.148. The molecule has 1 aliphatic rings. The van der Waals surface area contributed by atoms with Gasteiger partial charge in [0.1, 0.15) is 12.4 Å². The molecule has 1 aliphatic heterocycles. The molecule has 1 aromatic carbocycles. The molecule has 0 bridgehead atoms. The van der Waals surface area contributed by atoms with E-state index in [9.17, 15) is 9.59 Å². The third-order valence-electron chi connectivity index (χ3n) is 2.35. The smallest absolute Gasteiger partial charge is 0.344 e. The molecule has 5 heteroatoms. The average Bonchev–Trinajstić information content (AvgIpc) is 2.81. The third-order valence-corrected chi connectivity index (χ3v) is 2.35. The van der Waals surface area contributed by atoms with Crippen molar-refractivity contribution in [1.29, 1.82) is 0 Å². The molecule has 0 aliphatic carbocycles. The van der Waals surface area contributed by atoms with Crippen LogP contribution in [0.5, 0.6) is 0 Å². The number of hydrogen-bond donors (Lipinski definition) is 1. The van der Waals surface area contributed by atoms with E-state index in [1.54, 1.807) is 0 Å². The second-order valence-electron chi connectivity index (χ2n) is 3.76. The van der Waals surface area contributed by atoms with Gasteiger partial charge >= 0.3 is 5.97 Å². The van der Waals surface area contributed by atoms with Crippen molar-refractivity contribution in [2.45, 2.75) is 6.61 Å². The minimum Gasteiger partial charge on any atom is -0.484 e. The molecule has 0 spiro atoms. The van der Waals surface area contributed by atoms with Crippen LogP contribution in [0, 0.1) is 0 Å². The lowest BCUT2D eigenvalue weighted by atomic mass is 10.2. The second-order valence-corrected chi connectivity index (χ2v) is 3.76. The van der Waals surface area contributed by atoms with Gasteiger partial charge in [0.25, 0.3) is 0 Å². The van der Waals surface area contributed by atoms with E-state index in [1.807, 2.05) is 30.3 Å². The summed E-state index contributed by atoms with van der Waals surface area (Å²) in [5.74, 6) is -0.210. The monoisotopic (exact) mass is 247 g/mol. The van der Waals surface area contributed by atoms with Crippen LogP contribution in [-0.2, 0) is 25.7 Å². The Balaban J connectivity index is 1.70. The number of esters is 1. The molecular formula is C13H13NO4. The maximum atomic E-state index is 11.4. The Kier molecular flexibility index (Phi) is 3.96. The molecule has 0 atom stereocenters. The topological polar surface area (TPSA) is 64.6 Å². The van der Waals surface area contributed by atoms with E-state index in [1.165, 1.54) is 6.08 Å². The van der Waals surface area contributed by atoms with Crippen LogP contribution in [0.4, 0.5) is 0 Å². The lowest BCUT2D eigenvalue weighted by Gasteiger charge is -2.07.